The Morgan fingerprint density at radius 1 is 1.19 bits per heavy atom. The molecule has 0 aliphatic rings. The lowest BCUT2D eigenvalue weighted by Gasteiger charge is -2.17. The van der Waals surface area contributed by atoms with Gasteiger partial charge in [-0.25, -0.2) is 17.5 Å². The number of hydrogen-bond acceptors (Lipinski definition) is 5. The topological polar surface area (TPSA) is 108 Å². The fourth-order valence-electron chi connectivity index (χ4n) is 3.00. The Labute approximate surface area is 179 Å². The fourth-order valence-corrected chi connectivity index (χ4v) is 4.13. The van der Waals surface area contributed by atoms with Crippen molar-refractivity contribution in [1.82, 2.24) is 14.1 Å². The molecule has 0 radical (unpaired) electrons. The Bertz CT molecular complexity index is 1280. The van der Waals surface area contributed by atoms with Crippen LogP contribution in [0.5, 0.6) is 0 Å². The molecule has 3 aromatic rings. The van der Waals surface area contributed by atoms with Gasteiger partial charge in [-0.05, 0) is 62.4 Å². The number of likely N-dealkylation sites (N-methyl/N-ethyl adjacent to an activating group) is 1. The van der Waals surface area contributed by atoms with Crippen LogP contribution in [-0.2, 0) is 14.8 Å². The van der Waals surface area contributed by atoms with Crippen molar-refractivity contribution in [2.45, 2.75) is 18.7 Å². The average molecular weight is 441 g/mol. The molecule has 0 aliphatic heterocycles. The van der Waals surface area contributed by atoms with E-state index in [2.05, 4.69) is 10.4 Å². The van der Waals surface area contributed by atoms with E-state index in [-0.39, 0.29) is 16.3 Å². The van der Waals surface area contributed by atoms with Crippen molar-refractivity contribution in [3.05, 3.63) is 71.3 Å². The van der Waals surface area contributed by atoms with Crippen LogP contribution in [0.2, 0.25) is 0 Å². The van der Waals surface area contributed by atoms with E-state index in [0.717, 1.165) is 21.8 Å². The minimum absolute atomic E-state index is 0.0397. The second-order valence-corrected chi connectivity index (χ2v) is 9.00. The average Bonchev–Trinajstić information content (AvgIpc) is 3.05. The first-order chi connectivity index (χ1) is 14.6. The zero-order valence-electron chi connectivity index (χ0n) is 17.1. The Hall–Kier alpha value is -3.55. The summed E-state index contributed by atoms with van der Waals surface area (Å²) >= 11 is 0. The van der Waals surface area contributed by atoms with E-state index in [0.29, 0.717) is 5.56 Å². The van der Waals surface area contributed by atoms with Gasteiger partial charge in [-0.2, -0.15) is 14.7 Å². The van der Waals surface area contributed by atoms with E-state index in [1.54, 1.807) is 13.8 Å². The summed E-state index contributed by atoms with van der Waals surface area (Å²) in [6.45, 7) is 3.14. The highest BCUT2D eigenvalue weighted by Gasteiger charge is 2.23. The molecule has 1 aromatic heterocycles. The van der Waals surface area contributed by atoms with Crippen LogP contribution in [0.4, 0.5) is 10.1 Å². The van der Waals surface area contributed by atoms with E-state index >= 15 is 0 Å². The van der Waals surface area contributed by atoms with Gasteiger partial charge in [0, 0.05) is 18.4 Å². The number of nitrogens with one attached hydrogen (secondary N) is 1. The zero-order chi connectivity index (χ0) is 22.8. The number of amides is 1. The summed E-state index contributed by atoms with van der Waals surface area (Å²) in [5.74, 6) is -1.21. The molecule has 0 fully saturated rings. The van der Waals surface area contributed by atoms with Crippen molar-refractivity contribution in [3.63, 3.8) is 0 Å². The molecule has 0 atom stereocenters. The van der Waals surface area contributed by atoms with Crippen LogP contribution >= 0.6 is 0 Å². The van der Waals surface area contributed by atoms with Gasteiger partial charge in [0.15, 0.2) is 5.82 Å². The molecule has 1 amide bonds. The number of anilines is 1. The van der Waals surface area contributed by atoms with Crippen LogP contribution in [0.15, 0.2) is 53.4 Å². The molecule has 10 heteroatoms. The first-order valence-electron chi connectivity index (χ1n) is 9.21. The maximum absolute atomic E-state index is 14.6. The maximum Gasteiger partial charge on any atom is 0.243 e. The second kappa shape index (κ2) is 8.67. The molecule has 160 valence electrons. The van der Waals surface area contributed by atoms with Gasteiger partial charge in [-0.1, -0.05) is 0 Å². The Kier molecular flexibility index (Phi) is 6.19. The summed E-state index contributed by atoms with van der Waals surface area (Å²) in [7, 11) is -2.66. The smallest absolute Gasteiger partial charge is 0.243 e. The van der Waals surface area contributed by atoms with Crippen LogP contribution in [-0.4, -0.2) is 42.0 Å². The minimum atomic E-state index is -3.93. The molecule has 0 spiro atoms. The summed E-state index contributed by atoms with van der Waals surface area (Å²) in [6.07, 6.45) is 0. The van der Waals surface area contributed by atoms with Crippen molar-refractivity contribution in [2.75, 3.05) is 18.9 Å². The first-order valence-corrected chi connectivity index (χ1v) is 10.7. The molecular formula is C21H20FN5O3S. The number of rotatable bonds is 6. The standard InChI is InChI=1S/C21H20FN5O3S/c1-14-10-15(2)27(25-14)20-9-6-17(11-19(20)22)24-21(28)13-26(3)31(29,30)18-7-4-16(12-23)5-8-18/h4-11H,13H2,1-3H3,(H,24,28). The molecule has 8 nitrogen and oxygen atoms in total. The van der Waals surface area contributed by atoms with Gasteiger partial charge < -0.3 is 5.32 Å². The van der Waals surface area contributed by atoms with Crippen LogP contribution in [0.1, 0.15) is 17.0 Å². The van der Waals surface area contributed by atoms with Gasteiger partial charge in [0.05, 0.1) is 28.8 Å². The Morgan fingerprint density at radius 3 is 2.42 bits per heavy atom. The van der Waals surface area contributed by atoms with E-state index in [9.17, 15) is 17.6 Å². The third-order valence-electron chi connectivity index (χ3n) is 4.53. The Balaban J connectivity index is 1.70. The number of nitrogens with zero attached hydrogens (tertiary/aromatic N) is 4. The lowest BCUT2D eigenvalue weighted by atomic mass is 10.2. The molecule has 0 saturated heterocycles. The number of carbonyl (C=O) groups is 1. The van der Waals surface area contributed by atoms with Gasteiger partial charge >= 0.3 is 0 Å². The summed E-state index contributed by atoms with van der Waals surface area (Å²) < 4.78 is 42.1. The van der Waals surface area contributed by atoms with Crippen molar-refractivity contribution in [2.24, 2.45) is 0 Å². The van der Waals surface area contributed by atoms with Crippen LogP contribution < -0.4 is 5.32 Å². The van der Waals surface area contributed by atoms with Crippen molar-refractivity contribution in [1.29, 1.82) is 5.26 Å². The van der Waals surface area contributed by atoms with E-state index < -0.39 is 28.3 Å². The lowest BCUT2D eigenvalue weighted by molar-refractivity contribution is -0.116. The third kappa shape index (κ3) is 4.79. The zero-order valence-corrected chi connectivity index (χ0v) is 17.9. The highest BCUT2D eigenvalue weighted by Crippen LogP contribution is 2.20. The summed E-state index contributed by atoms with van der Waals surface area (Å²) in [5.41, 5.74) is 2.27. The predicted octanol–water partition coefficient (Wildman–Crippen LogP) is 2.76. The third-order valence-corrected chi connectivity index (χ3v) is 6.34. The van der Waals surface area contributed by atoms with Gasteiger partial charge in [0.1, 0.15) is 5.69 Å². The number of aromatic nitrogens is 2. The summed E-state index contributed by atoms with van der Waals surface area (Å²) in [6, 6.07) is 13.3. The second-order valence-electron chi connectivity index (χ2n) is 6.95. The van der Waals surface area contributed by atoms with Gasteiger partial charge in [0.2, 0.25) is 15.9 Å². The van der Waals surface area contributed by atoms with Crippen molar-refractivity contribution >= 4 is 21.6 Å². The van der Waals surface area contributed by atoms with Gasteiger partial charge in [-0.3, -0.25) is 4.79 Å². The van der Waals surface area contributed by atoms with Crippen LogP contribution in [0.25, 0.3) is 5.69 Å². The summed E-state index contributed by atoms with van der Waals surface area (Å²) in [4.78, 5) is 12.3. The van der Waals surface area contributed by atoms with Crippen LogP contribution in [0, 0.1) is 31.0 Å². The molecule has 2 aromatic carbocycles. The van der Waals surface area contributed by atoms with Gasteiger partial charge in [0.25, 0.3) is 0 Å². The highest BCUT2D eigenvalue weighted by molar-refractivity contribution is 7.89. The van der Waals surface area contributed by atoms with E-state index in [4.69, 9.17) is 5.26 Å². The number of halogens is 1. The van der Waals surface area contributed by atoms with Gasteiger partial charge in [-0.15, -0.1) is 0 Å². The number of sulfonamides is 1. The molecule has 1 heterocycles. The van der Waals surface area contributed by atoms with Crippen LogP contribution in [0.3, 0.4) is 0 Å². The van der Waals surface area contributed by atoms with E-state index in [1.807, 2.05) is 12.1 Å². The highest BCUT2D eigenvalue weighted by atomic mass is 32.2. The lowest BCUT2D eigenvalue weighted by Crippen LogP contribution is -2.35. The molecule has 1 N–H and O–H groups in total. The molecule has 0 unspecified atom stereocenters. The molecule has 3 rings (SSSR count). The normalized spacial score (nSPS) is 11.4. The molecule has 0 saturated carbocycles. The molecular weight excluding hydrogens is 421 g/mol. The fraction of sp³-hybridized carbons (Fsp3) is 0.190. The molecule has 0 bridgehead atoms. The number of nitriles is 1. The number of carbonyl (C=O) groups excluding carboxylic acids is 1. The first kappa shape index (κ1) is 22.1. The molecule has 0 aliphatic carbocycles. The summed E-state index contributed by atoms with van der Waals surface area (Å²) in [5, 5.41) is 15.6. The monoisotopic (exact) mass is 441 g/mol. The molecule has 31 heavy (non-hydrogen) atoms. The number of aryl methyl sites for hydroxylation is 2. The number of benzene rings is 2. The minimum Gasteiger partial charge on any atom is -0.325 e. The predicted molar refractivity (Wildman–Crippen MR) is 113 cm³/mol. The van der Waals surface area contributed by atoms with Crippen molar-refractivity contribution in [3.8, 4) is 11.8 Å². The SMILES string of the molecule is Cc1cc(C)n(-c2ccc(NC(=O)CN(C)S(=O)(=O)c3ccc(C#N)cc3)cc2F)n1. The number of hydrogen-bond donors (Lipinski definition) is 1. The van der Waals surface area contributed by atoms with E-state index in [1.165, 1.54) is 48.1 Å². The van der Waals surface area contributed by atoms with Crippen molar-refractivity contribution < 1.29 is 17.6 Å². The quantitative estimate of drug-likeness (QED) is 0.633. The largest absolute Gasteiger partial charge is 0.325 e. The Morgan fingerprint density at radius 2 is 1.87 bits per heavy atom. The maximum atomic E-state index is 14.6.